The number of benzene rings is 1. The Morgan fingerprint density at radius 3 is 2.61 bits per heavy atom. The van der Waals surface area contributed by atoms with Gasteiger partial charge in [-0.25, -0.2) is 0 Å². The normalized spacial score (nSPS) is 15.4. The fourth-order valence-electron chi connectivity index (χ4n) is 3.06. The molecule has 2 amide bonds. The first-order valence-corrected chi connectivity index (χ1v) is 9.27. The Bertz CT molecular complexity index is 659. The SMILES string of the molecule is COCCCNC(=O)C1CCN(C(=O)CNc2cccc(C(F)(F)F)c2)CC1. The maximum Gasteiger partial charge on any atom is 0.416 e. The van der Waals surface area contributed by atoms with Crippen LogP contribution in [-0.2, 0) is 20.5 Å². The summed E-state index contributed by atoms with van der Waals surface area (Å²) < 4.78 is 43.1. The Kier molecular flexibility index (Phi) is 8.10. The molecule has 2 N–H and O–H groups in total. The number of methoxy groups -OCH3 is 1. The highest BCUT2D eigenvalue weighted by Gasteiger charge is 2.30. The summed E-state index contributed by atoms with van der Waals surface area (Å²) in [6.45, 7) is 1.98. The molecule has 1 aliphatic heterocycles. The Morgan fingerprint density at radius 1 is 1.25 bits per heavy atom. The van der Waals surface area contributed by atoms with Crippen LogP contribution in [0.3, 0.4) is 0 Å². The quantitative estimate of drug-likeness (QED) is 0.657. The third-order valence-corrected chi connectivity index (χ3v) is 4.68. The number of anilines is 1. The molecule has 28 heavy (non-hydrogen) atoms. The molecule has 0 atom stereocenters. The van der Waals surface area contributed by atoms with Crippen LogP contribution in [0, 0.1) is 5.92 Å². The van der Waals surface area contributed by atoms with Crippen molar-refractivity contribution in [3.05, 3.63) is 29.8 Å². The molecule has 1 heterocycles. The Morgan fingerprint density at radius 2 is 1.96 bits per heavy atom. The van der Waals surface area contributed by atoms with Crippen molar-refractivity contribution in [2.75, 3.05) is 45.2 Å². The molecule has 9 heteroatoms. The summed E-state index contributed by atoms with van der Waals surface area (Å²) in [5.41, 5.74) is -0.518. The molecule has 0 saturated carbocycles. The van der Waals surface area contributed by atoms with Crippen LogP contribution in [0.15, 0.2) is 24.3 Å². The lowest BCUT2D eigenvalue weighted by molar-refractivity contribution is -0.137. The first-order chi connectivity index (χ1) is 13.3. The van der Waals surface area contributed by atoms with Crippen LogP contribution >= 0.6 is 0 Å². The number of hydrogen-bond donors (Lipinski definition) is 2. The number of hydrogen-bond acceptors (Lipinski definition) is 4. The fraction of sp³-hybridized carbons (Fsp3) is 0.579. The van der Waals surface area contributed by atoms with Gasteiger partial charge in [0.15, 0.2) is 0 Å². The summed E-state index contributed by atoms with van der Waals surface area (Å²) in [4.78, 5) is 26.0. The number of rotatable bonds is 8. The summed E-state index contributed by atoms with van der Waals surface area (Å²) in [5.74, 6) is -0.329. The van der Waals surface area contributed by atoms with E-state index in [1.54, 1.807) is 12.0 Å². The first kappa shape index (κ1) is 22.0. The topological polar surface area (TPSA) is 70.7 Å². The highest BCUT2D eigenvalue weighted by molar-refractivity contribution is 5.82. The molecule has 1 aliphatic rings. The average Bonchev–Trinajstić information content (AvgIpc) is 2.69. The number of halogens is 3. The lowest BCUT2D eigenvalue weighted by Crippen LogP contribution is -2.45. The smallest absolute Gasteiger partial charge is 0.385 e. The van der Waals surface area contributed by atoms with Crippen molar-refractivity contribution >= 4 is 17.5 Å². The molecular weight excluding hydrogens is 375 g/mol. The number of alkyl halides is 3. The number of carbonyl (C=O) groups excluding carboxylic acids is 2. The summed E-state index contributed by atoms with van der Waals surface area (Å²) in [7, 11) is 1.61. The Hall–Kier alpha value is -2.29. The van der Waals surface area contributed by atoms with Gasteiger partial charge < -0.3 is 20.3 Å². The van der Waals surface area contributed by atoms with Crippen LogP contribution in [-0.4, -0.2) is 56.6 Å². The van der Waals surface area contributed by atoms with Crippen molar-refractivity contribution in [2.24, 2.45) is 5.92 Å². The molecule has 0 aromatic heterocycles. The second-order valence-corrected chi connectivity index (χ2v) is 6.72. The van der Waals surface area contributed by atoms with Gasteiger partial charge in [0, 0.05) is 45.0 Å². The molecule has 1 saturated heterocycles. The first-order valence-electron chi connectivity index (χ1n) is 9.27. The molecule has 6 nitrogen and oxygen atoms in total. The van der Waals surface area contributed by atoms with Crippen molar-refractivity contribution < 1.29 is 27.5 Å². The third kappa shape index (κ3) is 6.70. The van der Waals surface area contributed by atoms with Crippen molar-refractivity contribution in [3.63, 3.8) is 0 Å². The number of nitrogens with one attached hydrogen (secondary N) is 2. The van der Waals surface area contributed by atoms with Gasteiger partial charge in [-0.1, -0.05) is 6.07 Å². The highest BCUT2D eigenvalue weighted by Crippen LogP contribution is 2.30. The van der Waals surface area contributed by atoms with Crippen LogP contribution in [0.1, 0.15) is 24.8 Å². The van der Waals surface area contributed by atoms with Gasteiger partial charge in [-0.2, -0.15) is 13.2 Å². The summed E-state index contributed by atoms with van der Waals surface area (Å²) in [5, 5.41) is 5.61. The van der Waals surface area contributed by atoms with E-state index < -0.39 is 11.7 Å². The number of ether oxygens (including phenoxy) is 1. The molecule has 0 unspecified atom stereocenters. The van der Waals surface area contributed by atoms with Crippen LogP contribution in [0.5, 0.6) is 0 Å². The molecule has 0 aliphatic carbocycles. The maximum atomic E-state index is 12.7. The molecule has 2 rings (SSSR count). The van der Waals surface area contributed by atoms with Gasteiger partial charge in [0.25, 0.3) is 0 Å². The van der Waals surface area contributed by atoms with Crippen LogP contribution in [0.4, 0.5) is 18.9 Å². The number of piperidine rings is 1. The van der Waals surface area contributed by atoms with E-state index in [1.807, 2.05) is 0 Å². The van der Waals surface area contributed by atoms with E-state index in [-0.39, 0.29) is 30.0 Å². The molecule has 0 spiro atoms. The summed E-state index contributed by atoms with van der Waals surface area (Å²) in [6.07, 6.45) is -2.52. The molecule has 1 aromatic rings. The zero-order valence-electron chi connectivity index (χ0n) is 15.8. The van der Waals surface area contributed by atoms with Crippen LogP contribution in [0.2, 0.25) is 0 Å². The van der Waals surface area contributed by atoms with Crippen LogP contribution < -0.4 is 10.6 Å². The standard InChI is InChI=1S/C19H26F3N3O3/c1-28-11-3-8-23-18(27)14-6-9-25(10-7-14)17(26)13-24-16-5-2-4-15(12-16)19(20,21)22/h2,4-5,12,14,24H,3,6-11,13H2,1H3,(H,23,27). The zero-order valence-corrected chi connectivity index (χ0v) is 15.8. The van der Waals surface area contributed by atoms with Gasteiger partial charge >= 0.3 is 6.18 Å². The second-order valence-electron chi connectivity index (χ2n) is 6.72. The molecule has 1 fully saturated rings. The van der Waals surface area contributed by atoms with Crippen molar-refractivity contribution in [3.8, 4) is 0 Å². The summed E-state index contributed by atoms with van der Waals surface area (Å²) in [6, 6.07) is 4.75. The fourth-order valence-corrected chi connectivity index (χ4v) is 3.06. The number of carbonyl (C=O) groups is 2. The van der Waals surface area contributed by atoms with Gasteiger partial charge in [0.2, 0.25) is 11.8 Å². The van der Waals surface area contributed by atoms with Crippen molar-refractivity contribution in [1.82, 2.24) is 10.2 Å². The Balaban J connectivity index is 1.74. The van der Waals surface area contributed by atoms with Gasteiger partial charge in [-0.15, -0.1) is 0 Å². The van der Waals surface area contributed by atoms with E-state index >= 15 is 0 Å². The van der Waals surface area contributed by atoms with Crippen LogP contribution in [0.25, 0.3) is 0 Å². The third-order valence-electron chi connectivity index (χ3n) is 4.68. The Labute approximate surface area is 162 Å². The highest BCUT2D eigenvalue weighted by atomic mass is 19.4. The molecule has 0 bridgehead atoms. The number of nitrogens with zero attached hydrogens (tertiary/aromatic N) is 1. The predicted molar refractivity (Wildman–Crippen MR) is 98.7 cm³/mol. The predicted octanol–water partition coefficient (Wildman–Crippen LogP) is 2.51. The number of likely N-dealkylation sites (tertiary alicyclic amines) is 1. The number of amides is 2. The van der Waals surface area contributed by atoms with Gasteiger partial charge in [0.05, 0.1) is 12.1 Å². The van der Waals surface area contributed by atoms with Crippen molar-refractivity contribution in [2.45, 2.75) is 25.4 Å². The molecular formula is C19H26F3N3O3. The van der Waals surface area contributed by atoms with Gasteiger partial charge in [0.1, 0.15) is 0 Å². The zero-order chi connectivity index (χ0) is 20.6. The lowest BCUT2D eigenvalue weighted by Gasteiger charge is -2.31. The maximum absolute atomic E-state index is 12.7. The van der Waals surface area contributed by atoms with E-state index in [1.165, 1.54) is 12.1 Å². The molecule has 156 valence electrons. The van der Waals surface area contributed by atoms with E-state index in [9.17, 15) is 22.8 Å². The van der Waals surface area contributed by atoms with E-state index in [0.29, 0.717) is 39.1 Å². The average molecular weight is 401 g/mol. The van der Waals surface area contributed by atoms with Gasteiger partial charge in [-0.05, 0) is 37.5 Å². The monoisotopic (exact) mass is 401 g/mol. The minimum absolute atomic E-state index is 0.00899. The minimum Gasteiger partial charge on any atom is -0.385 e. The van der Waals surface area contributed by atoms with Crippen molar-refractivity contribution in [1.29, 1.82) is 0 Å². The van der Waals surface area contributed by atoms with E-state index in [0.717, 1.165) is 18.6 Å². The summed E-state index contributed by atoms with van der Waals surface area (Å²) >= 11 is 0. The lowest BCUT2D eigenvalue weighted by atomic mass is 9.96. The second kappa shape index (κ2) is 10.3. The van der Waals surface area contributed by atoms with Gasteiger partial charge in [-0.3, -0.25) is 9.59 Å². The van der Waals surface area contributed by atoms with E-state index in [2.05, 4.69) is 10.6 Å². The minimum atomic E-state index is -4.42. The molecule has 0 radical (unpaired) electrons. The molecule has 1 aromatic carbocycles. The van der Waals surface area contributed by atoms with E-state index in [4.69, 9.17) is 4.74 Å². The largest absolute Gasteiger partial charge is 0.416 e.